The summed E-state index contributed by atoms with van der Waals surface area (Å²) in [5.41, 5.74) is -0.286. The Balaban J connectivity index is 3.14. The molecule has 0 radical (unpaired) electrons. The Morgan fingerprint density at radius 2 is 2.00 bits per heavy atom. The monoisotopic (exact) mass is 248 g/mol. The van der Waals surface area contributed by atoms with E-state index in [2.05, 4.69) is 0 Å². The van der Waals surface area contributed by atoms with Crippen LogP contribution < -0.4 is 0 Å². The molecule has 3 nitrogen and oxygen atoms in total. The summed E-state index contributed by atoms with van der Waals surface area (Å²) < 4.78 is 42.1. The molecular weight excluding hydrogens is 237 g/mol. The fourth-order valence-corrected chi connectivity index (χ4v) is 1.43. The smallest absolute Gasteiger partial charge is 0.416 e. The summed E-state index contributed by atoms with van der Waals surface area (Å²) in [4.78, 5) is 10.6. The van der Waals surface area contributed by atoms with Crippen LogP contribution in [0.25, 0.3) is 0 Å². The minimum absolute atomic E-state index is 0.0841. The number of carboxylic acids is 1. The average molecular weight is 248 g/mol. The van der Waals surface area contributed by atoms with Gasteiger partial charge in [0.05, 0.1) is 18.6 Å². The summed E-state index contributed by atoms with van der Waals surface area (Å²) in [5.74, 6) is -1.18. The molecule has 1 aromatic rings. The lowest BCUT2D eigenvalue weighted by molar-refractivity contribution is -0.138. The molecule has 0 saturated heterocycles. The van der Waals surface area contributed by atoms with Gasteiger partial charge in [-0.2, -0.15) is 13.2 Å². The molecule has 0 aliphatic carbocycles. The van der Waals surface area contributed by atoms with E-state index in [1.807, 2.05) is 0 Å². The highest BCUT2D eigenvalue weighted by molar-refractivity contribution is 5.70. The molecular formula is C11H11F3O3. The van der Waals surface area contributed by atoms with Crippen LogP contribution in [0.4, 0.5) is 13.2 Å². The van der Waals surface area contributed by atoms with E-state index in [1.54, 1.807) is 0 Å². The third kappa shape index (κ3) is 3.74. The summed E-state index contributed by atoms with van der Waals surface area (Å²) in [6.45, 7) is 0.0841. The number of alkyl halides is 3. The molecule has 1 N–H and O–H groups in total. The summed E-state index contributed by atoms with van der Waals surface area (Å²) in [5, 5.41) is 8.63. The van der Waals surface area contributed by atoms with Crippen molar-refractivity contribution in [3.05, 3.63) is 34.9 Å². The van der Waals surface area contributed by atoms with Crippen LogP contribution in [-0.2, 0) is 28.7 Å². The molecule has 6 heteroatoms. The lowest BCUT2D eigenvalue weighted by Crippen LogP contribution is -2.10. The molecule has 0 fully saturated rings. The second-order valence-corrected chi connectivity index (χ2v) is 3.48. The van der Waals surface area contributed by atoms with Crippen LogP contribution in [0.15, 0.2) is 18.2 Å². The second-order valence-electron chi connectivity index (χ2n) is 3.48. The Labute approximate surface area is 95.8 Å². The lowest BCUT2D eigenvalue weighted by Gasteiger charge is -2.12. The molecule has 0 bridgehead atoms. The first kappa shape index (κ1) is 13.5. The Morgan fingerprint density at radius 3 is 2.47 bits per heavy atom. The van der Waals surface area contributed by atoms with Crippen molar-refractivity contribution in [1.82, 2.24) is 0 Å². The van der Waals surface area contributed by atoms with Gasteiger partial charge in [0, 0.05) is 7.11 Å². The third-order valence-corrected chi connectivity index (χ3v) is 2.18. The molecule has 94 valence electrons. The number of halogens is 3. The zero-order chi connectivity index (χ0) is 13.1. The van der Waals surface area contributed by atoms with Crippen LogP contribution in [-0.4, -0.2) is 18.2 Å². The Morgan fingerprint density at radius 1 is 1.35 bits per heavy atom. The van der Waals surface area contributed by atoms with Gasteiger partial charge in [0.15, 0.2) is 0 Å². The van der Waals surface area contributed by atoms with Gasteiger partial charge in [0.25, 0.3) is 0 Å². The molecule has 0 aliphatic heterocycles. The fourth-order valence-electron chi connectivity index (χ4n) is 1.43. The maximum Gasteiger partial charge on any atom is 0.416 e. The van der Waals surface area contributed by atoms with Crippen molar-refractivity contribution in [3.63, 3.8) is 0 Å². The number of hydrogen-bond donors (Lipinski definition) is 1. The van der Waals surface area contributed by atoms with Crippen molar-refractivity contribution in [3.8, 4) is 0 Å². The predicted octanol–water partition coefficient (Wildman–Crippen LogP) is 2.48. The second kappa shape index (κ2) is 5.18. The predicted molar refractivity (Wildman–Crippen MR) is 53.5 cm³/mol. The van der Waals surface area contributed by atoms with E-state index in [9.17, 15) is 18.0 Å². The van der Waals surface area contributed by atoms with Crippen molar-refractivity contribution in [1.29, 1.82) is 0 Å². The van der Waals surface area contributed by atoms with Gasteiger partial charge in [-0.05, 0) is 23.3 Å². The van der Waals surface area contributed by atoms with Crippen molar-refractivity contribution in [2.24, 2.45) is 0 Å². The van der Waals surface area contributed by atoms with Crippen molar-refractivity contribution < 1.29 is 27.8 Å². The number of ether oxygens (including phenoxy) is 1. The number of benzene rings is 1. The van der Waals surface area contributed by atoms with E-state index >= 15 is 0 Å². The van der Waals surface area contributed by atoms with Gasteiger partial charge >= 0.3 is 12.1 Å². The molecule has 1 aromatic carbocycles. The first-order valence-corrected chi connectivity index (χ1v) is 4.74. The van der Waals surface area contributed by atoms with Crippen molar-refractivity contribution >= 4 is 5.97 Å². The number of carboxylic acid groups (broad SMARTS) is 1. The van der Waals surface area contributed by atoms with E-state index < -0.39 is 24.1 Å². The zero-order valence-electron chi connectivity index (χ0n) is 9.04. The number of aliphatic carboxylic acids is 1. The third-order valence-electron chi connectivity index (χ3n) is 2.18. The molecule has 0 aromatic heterocycles. The number of hydrogen-bond acceptors (Lipinski definition) is 2. The van der Waals surface area contributed by atoms with Gasteiger partial charge in [-0.3, -0.25) is 4.79 Å². The van der Waals surface area contributed by atoms with Gasteiger partial charge in [0.1, 0.15) is 0 Å². The minimum atomic E-state index is -4.47. The van der Waals surface area contributed by atoms with Crippen molar-refractivity contribution in [2.45, 2.75) is 19.2 Å². The molecule has 1 rings (SSSR count). The molecule has 0 amide bonds. The van der Waals surface area contributed by atoms with Gasteiger partial charge < -0.3 is 9.84 Å². The Hall–Kier alpha value is -1.56. The molecule has 0 atom stereocenters. The molecule has 0 spiro atoms. The SMILES string of the molecule is COCc1ccc(C(F)(F)F)cc1CC(=O)O. The number of methoxy groups -OCH3 is 1. The van der Waals surface area contributed by atoms with Crippen LogP contribution >= 0.6 is 0 Å². The first-order chi connectivity index (χ1) is 7.84. The first-order valence-electron chi connectivity index (χ1n) is 4.74. The minimum Gasteiger partial charge on any atom is -0.481 e. The molecule has 0 aliphatic rings. The van der Waals surface area contributed by atoms with E-state index in [0.717, 1.165) is 12.1 Å². The molecule has 0 heterocycles. The topological polar surface area (TPSA) is 46.5 Å². The molecule has 17 heavy (non-hydrogen) atoms. The van der Waals surface area contributed by atoms with Gasteiger partial charge in [-0.15, -0.1) is 0 Å². The quantitative estimate of drug-likeness (QED) is 0.890. The normalized spacial score (nSPS) is 11.5. The molecule has 0 unspecified atom stereocenters. The highest BCUT2D eigenvalue weighted by Crippen LogP contribution is 2.30. The summed E-state index contributed by atoms with van der Waals surface area (Å²) in [6.07, 6.45) is -4.93. The van der Waals surface area contributed by atoms with Gasteiger partial charge in [-0.1, -0.05) is 6.07 Å². The highest BCUT2D eigenvalue weighted by atomic mass is 19.4. The van der Waals surface area contributed by atoms with Crippen LogP contribution in [0.3, 0.4) is 0 Å². The average Bonchev–Trinajstić information content (AvgIpc) is 2.18. The number of rotatable bonds is 4. The zero-order valence-corrected chi connectivity index (χ0v) is 9.04. The summed E-state index contributed by atoms with van der Waals surface area (Å²) >= 11 is 0. The van der Waals surface area contributed by atoms with Crippen LogP contribution in [0.5, 0.6) is 0 Å². The fraction of sp³-hybridized carbons (Fsp3) is 0.364. The van der Waals surface area contributed by atoms with Crippen LogP contribution in [0, 0.1) is 0 Å². The maximum atomic E-state index is 12.4. The highest BCUT2D eigenvalue weighted by Gasteiger charge is 2.31. The Kier molecular flexibility index (Phi) is 4.11. The van der Waals surface area contributed by atoms with Gasteiger partial charge in [-0.25, -0.2) is 0 Å². The number of carbonyl (C=O) groups is 1. The maximum absolute atomic E-state index is 12.4. The van der Waals surface area contributed by atoms with Gasteiger partial charge in [0.2, 0.25) is 0 Å². The summed E-state index contributed by atoms with van der Waals surface area (Å²) in [7, 11) is 1.39. The van der Waals surface area contributed by atoms with E-state index in [1.165, 1.54) is 13.2 Å². The lowest BCUT2D eigenvalue weighted by atomic mass is 10.0. The van der Waals surface area contributed by atoms with E-state index in [4.69, 9.17) is 9.84 Å². The standard InChI is InChI=1S/C11H11F3O3/c1-17-6-7-2-3-9(11(12,13)14)4-8(7)5-10(15)16/h2-4H,5-6H2,1H3,(H,15,16). The van der Waals surface area contributed by atoms with Crippen LogP contribution in [0.2, 0.25) is 0 Å². The van der Waals surface area contributed by atoms with Crippen molar-refractivity contribution in [2.75, 3.05) is 7.11 Å². The molecule has 0 saturated carbocycles. The Bertz CT molecular complexity index is 413. The van der Waals surface area contributed by atoms with E-state index in [-0.39, 0.29) is 12.2 Å². The summed E-state index contributed by atoms with van der Waals surface area (Å²) in [6, 6.07) is 3.01. The van der Waals surface area contributed by atoms with Crippen LogP contribution in [0.1, 0.15) is 16.7 Å². The largest absolute Gasteiger partial charge is 0.481 e. The van der Waals surface area contributed by atoms with E-state index in [0.29, 0.717) is 5.56 Å².